The predicted molar refractivity (Wildman–Crippen MR) is 97.2 cm³/mol. The van der Waals surface area contributed by atoms with Gasteiger partial charge in [0.05, 0.1) is 0 Å². The van der Waals surface area contributed by atoms with E-state index in [4.69, 9.17) is 21.1 Å². The van der Waals surface area contributed by atoms with Crippen molar-refractivity contribution < 1.29 is 19.4 Å². The van der Waals surface area contributed by atoms with Crippen LogP contribution in [0.1, 0.15) is 20.8 Å². The van der Waals surface area contributed by atoms with Gasteiger partial charge in [-0.3, -0.25) is 4.90 Å². The fourth-order valence-corrected chi connectivity index (χ4v) is 2.64. The van der Waals surface area contributed by atoms with Gasteiger partial charge in [-0.2, -0.15) is 0 Å². The second-order valence-corrected chi connectivity index (χ2v) is 7.62. The fourth-order valence-electron chi connectivity index (χ4n) is 2.51. The first-order valence-corrected chi connectivity index (χ1v) is 8.87. The van der Waals surface area contributed by atoms with Crippen molar-refractivity contribution in [2.75, 3.05) is 39.3 Å². The first-order chi connectivity index (χ1) is 11.7. The van der Waals surface area contributed by atoms with Crippen molar-refractivity contribution in [1.29, 1.82) is 0 Å². The van der Waals surface area contributed by atoms with Crippen LogP contribution in [0.15, 0.2) is 24.3 Å². The molecule has 25 heavy (non-hydrogen) atoms. The second-order valence-electron chi connectivity index (χ2n) is 7.19. The second kappa shape index (κ2) is 8.74. The Morgan fingerprint density at radius 3 is 2.36 bits per heavy atom. The zero-order valence-electron chi connectivity index (χ0n) is 15.1. The molecule has 1 saturated heterocycles. The first-order valence-electron chi connectivity index (χ1n) is 8.49. The zero-order chi connectivity index (χ0) is 18.4. The highest BCUT2D eigenvalue weighted by molar-refractivity contribution is 6.30. The summed E-state index contributed by atoms with van der Waals surface area (Å²) in [5, 5.41) is 10.8. The maximum atomic E-state index is 12.0. The largest absolute Gasteiger partial charge is 0.491 e. The van der Waals surface area contributed by atoms with Crippen LogP contribution in [0.4, 0.5) is 4.79 Å². The molecule has 1 aliphatic heterocycles. The summed E-state index contributed by atoms with van der Waals surface area (Å²) in [6.45, 7) is 8.91. The van der Waals surface area contributed by atoms with Crippen molar-refractivity contribution in [2.45, 2.75) is 32.5 Å². The molecule has 7 heteroatoms. The Morgan fingerprint density at radius 1 is 1.20 bits per heavy atom. The Kier molecular flexibility index (Phi) is 6.93. The number of hydrogen-bond acceptors (Lipinski definition) is 5. The van der Waals surface area contributed by atoms with E-state index in [-0.39, 0.29) is 12.7 Å². The van der Waals surface area contributed by atoms with E-state index >= 15 is 0 Å². The summed E-state index contributed by atoms with van der Waals surface area (Å²) in [5.74, 6) is 0.679. The molecule has 1 aromatic rings. The SMILES string of the molecule is CC(C)(C)OC(=O)N1CCN(CC(O)COc2ccc(Cl)cc2)CC1. The molecule has 0 spiro atoms. The lowest BCUT2D eigenvalue weighted by molar-refractivity contribution is 0.00713. The van der Waals surface area contributed by atoms with Crippen molar-refractivity contribution in [1.82, 2.24) is 9.80 Å². The van der Waals surface area contributed by atoms with Gasteiger partial charge in [-0.05, 0) is 45.0 Å². The standard InChI is InChI=1S/C18H27ClN2O4/c1-18(2,3)25-17(23)21-10-8-20(9-11-21)12-15(22)13-24-16-6-4-14(19)5-7-16/h4-7,15,22H,8-13H2,1-3H3. The average molecular weight is 371 g/mol. The molecular weight excluding hydrogens is 344 g/mol. The maximum absolute atomic E-state index is 12.0. The average Bonchev–Trinajstić information content (AvgIpc) is 2.53. The highest BCUT2D eigenvalue weighted by Crippen LogP contribution is 2.16. The van der Waals surface area contributed by atoms with Crippen molar-refractivity contribution in [2.24, 2.45) is 0 Å². The summed E-state index contributed by atoms with van der Waals surface area (Å²) in [6, 6.07) is 7.04. The van der Waals surface area contributed by atoms with Gasteiger partial charge in [0.25, 0.3) is 0 Å². The number of nitrogens with zero attached hydrogens (tertiary/aromatic N) is 2. The van der Waals surface area contributed by atoms with Crippen LogP contribution < -0.4 is 4.74 Å². The number of hydrogen-bond donors (Lipinski definition) is 1. The van der Waals surface area contributed by atoms with Gasteiger partial charge in [-0.25, -0.2) is 4.79 Å². The number of ether oxygens (including phenoxy) is 2. The minimum Gasteiger partial charge on any atom is -0.491 e. The number of rotatable bonds is 5. The molecule has 1 amide bonds. The minimum absolute atomic E-state index is 0.216. The zero-order valence-corrected chi connectivity index (χ0v) is 15.8. The molecule has 6 nitrogen and oxygen atoms in total. The number of aliphatic hydroxyl groups is 1. The van der Waals surface area contributed by atoms with Crippen molar-refractivity contribution in [3.8, 4) is 5.75 Å². The third kappa shape index (κ3) is 7.10. The van der Waals surface area contributed by atoms with Crippen molar-refractivity contribution in [3.63, 3.8) is 0 Å². The lowest BCUT2D eigenvalue weighted by atomic mass is 10.2. The van der Waals surface area contributed by atoms with E-state index in [1.807, 2.05) is 20.8 Å². The molecule has 1 N–H and O–H groups in total. The fraction of sp³-hybridized carbons (Fsp3) is 0.611. The molecule has 2 rings (SSSR count). The van der Waals surface area contributed by atoms with Gasteiger partial charge in [-0.15, -0.1) is 0 Å². The molecule has 0 aromatic heterocycles. The van der Waals surface area contributed by atoms with Gasteiger partial charge in [0.1, 0.15) is 24.1 Å². The Bertz CT molecular complexity index is 551. The van der Waals surface area contributed by atoms with Gasteiger partial charge in [-0.1, -0.05) is 11.6 Å². The van der Waals surface area contributed by atoms with Crippen LogP contribution in [0.3, 0.4) is 0 Å². The summed E-state index contributed by atoms with van der Waals surface area (Å²) in [7, 11) is 0. The van der Waals surface area contributed by atoms with Crippen LogP contribution in [0.2, 0.25) is 5.02 Å². The summed E-state index contributed by atoms with van der Waals surface area (Å²) in [6.07, 6.45) is -0.873. The lowest BCUT2D eigenvalue weighted by Gasteiger charge is -2.36. The molecule has 1 atom stereocenters. The Balaban J connectivity index is 1.68. The van der Waals surface area contributed by atoms with Gasteiger partial charge in [0.2, 0.25) is 0 Å². The van der Waals surface area contributed by atoms with Crippen molar-refractivity contribution in [3.05, 3.63) is 29.3 Å². The normalized spacial score (nSPS) is 17.2. The van der Waals surface area contributed by atoms with Crippen LogP contribution in [0, 0.1) is 0 Å². The number of piperazine rings is 1. The summed E-state index contributed by atoms with van der Waals surface area (Å²) >= 11 is 5.82. The lowest BCUT2D eigenvalue weighted by Crippen LogP contribution is -2.51. The Hall–Kier alpha value is -1.50. The van der Waals surface area contributed by atoms with Crippen LogP contribution >= 0.6 is 11.6 Å². The summed E-state index contributed by atoms with van der Waals surface area (Å²) in [4.78, 5) is 15.9. The number of halogens is 1. The van der Waals surface area contributed by atoms with Crippen LogP contribution in [-0.2, 0) is 4.74 Å². The molecule has 0 saturated carbocycles. The Labute approximate surface area is 154 Å². The summed E-state index contributed by atoms with van der Waals surface area (Å²) in [5.41, 5.74) is -0.483. The molecule has 0 aliphatic carbocycles. The number of β-amino-alcohol motifs (C(OH)–C–C–N with tert-alkyl or cyclic N) is 1. The molecule has 1 aromatic carbocycles. The first kappa shape index (κ1) is 19.8. The number of aliphatic hydroxyl groups excluding tert-OH is 1. The molecule has 1 fully saturated rings. The molecule has 0 bridgehead atoms. The van der Waals surface area contributed by atoms with Crippen molar-refractivity contribution >= 4 is 17.7 Å². The quantitative estimate of drug-likeness (QED) is 0.863. The molecule has 1 unspecified atom stereocenters. The van der Waals surface area contributed by atoms with E-state index in [1.165, 1.54) is 0 Å². The number of amides is 1. The molecule has 1 aliphatic rings. The molecule has 0 radical (unpaired) electrons. The molecular formula is C18H27ClN2O4. The number of carbonyl (C=O) groups excluding carboxylic acids is 1. The van der Waals surface area contributed by atoms with E-state index in [1.54, 1.807) is 29.2 Å². The van der Waals surface area contributed by atoms with E-state index in [9.17, 15) is 9.90 Å². The van der Waals surface area contributed by atoms with Gasteiger partial charge in [0, 0.05) is 37.7 Å². The van der Waals surface area contributed by atoms with Crippen LogP contribution in [0.5, 0.6) is 5.75 Å². The minimum atomic E-state index is -0.594. The predicted octanol–water partition coefficient (Wildman–Crippen LogP) is 2.63. The molecule has 1 heterocycles. The highest BCUT2D eigenvalue weighted by Gasteiger charge is 2.26. The van der Waals surface area contributed by atoms with Gasteiger partial charge in [0.15, 0.2) is 0 Å². The summed E-state index contributed by atoms with van der Waals surface area (Å²) < 4.78 is 10.9. The topological polar surface area (TPSA) is 62.2 Å². The monoisotopic (exact) mass is 370 g/mol. The smallest absolute Gasteiger partial charge is 0.410 e. The van der Waals surface area contributed by atoms with Crippen LogP contribution in [-0.4, -0.2) is 72.0 Å². The highest BCUT2D eigenvalue weighted by atomic mass is 35.5. The van der Waals surface area contributed by atoms with E-state index in [2.05, 4.69) is 4.90 Å². The number of carbonyl (C=O) groups is 1. The van der Waals surface area contributed by atoms with Crippen LogP contribution in [0.25, 0.3) is 0 Å². The Morgan fingerprint density at radius 2 is 1.80 bits per heavy atom. The third-order valence-electron chi connectivity index (χ3n) is 3.75. The van der Waals surface area contributed by atoms with Gasteiger partial charge >= 0.3 is 6.09 Å². The number of benzene rings is 1. The van der Waals surface area contributed by atoms with E-state index in [0.29, 0.717) is 43.5 Å². The maximum Gasteiger partial charge on any atom is 0.410 e. The van der Waals surface area contributed by atoms with E-state index < -0.39 is 11.7 Å². The van der Waals surface area contributed by atoms with E-state index in [0.717, 1.165) is 0 Å². The van der Waals surface area contributed by atoms with Gasteiger partial charge < -0.3 is 19.5 Å². The third-order valence-corrected chi connectivity index (χ3v) is 4.00. The molecule has 140 valence electrons.